The van der Waals surface area contributed by atoms with E-state index in [0.29, 0.717) is 12.1 Å². The van der Waals surface area contributed by atoms with E-state index in [9.17, 15) is 8.42 Å². The van der Waals surface area contributed by atoms with Gasteiger partial charge in [0, 0.05) is 30.2 Å². The van der Waals surface area contributed by atoms with Gasteiger partial charge in [0.05, 0.1) is 0 Å². The summed E-state index contributed by atoms with van der Waals surface area (Å²) in [5, 5.41) is -0.0778. The SMILES string of the molecule is CNS(=O)(=O)c1ncc(Cc2ccccn2)[nH]1. The average Bonchev–Trinajstić information content (AvgIpc) is 2.80. The van der Waals surface area contributed by atoms with E-state index in [1.54, 1.807) is 6.20 Å². The van der Waals surface area contributed by atoms with Gasteiger partial charge >= 0.3 is 0 Å². The van der Waals surface area contributed by atoms with E-state index in [2.05, 4.69) is 19.7 Å². The minimum atomic E-state index is -3.51. The first-order valence-corrected chi connectivity index (χ1v) is 6.47. The van der Waals surface area contributed by atoms with Crippen LogP contribution in [-0.2, 0) is 16.4 Å². The van der Waals surface area contributed by atoms with Crippen LogP contribution in [0.2, 0.25) is 0 Å². The number of pyridine rings is 1. The van der Waals surface area contributed by atoms with Gasteiger partial charge in [-0.15, -0.1) is 0 Å². The summed E-state index contributed by atoms with van der Waals surface area (Å²) in [5.41, 5.74) is 1.56. The maximum Gasteiger partial charge on any atom is 0.274 e. The van der Waals surface area contributed by atoms with Crippen molar-refractivity contribution in [2.45, 2.75) is 11.6 Å². The predicted octanol–water partition coefficient (Wildman–Crippen LogP) is 0.304. The van der Waals surface area contributed by atoms with Gasteiger partial charge in [-0.25, -0.2) is 18.1 Å². The molecule has 0 aromatic carbocycles. The fourth-order valence-corrected chi connectivity index (χ4v) is 2.01. The molecule has 2 heterocycles. The Morgan fingerprint density at radius 2 is 2.18 bits per heavy atom. The molecule has 0 aliphatic heterocycles. The van der Waals surface area contributed by atoms with Gasteiger partial charge in [-0.05, 0) is 19.2 Å². The van der Waals surface area contributed by atoms with Gasteiger partial charge in [-0.2, -0.15) is 0 Å². The first-order chi connectivity index (χ1) is 8.12. The van der Waals surface area contributed by atoms with E-state index < -0.39 is 10.0 Å². The molecule has 2 aromatic heterocycles. The molecule has 90 valence electrons. The van der Waals surface area contributed by atoms with E-state index in [4.69, 9.17) is 0 Å². The summed E-state index contributed by atoms with van der Waals surface area (Å²) < 4.78 is 25.1. The van der Waals surface area contributed by atoms with E-state index in [-0.39, 0.29) is 5.16 Å². The van der Waals surface area contributed by atoms with Crippen molar-refractivity contribution in [2.24, 2.45) is 0 Å². The Labute approximate surface area is 99.2 Å². The number of rotatable bonds is 4. The van der Waals surface area contributed by atoms with Crippen LogP contribution in [0.1, 0.15) is 11.4 Å². The number of sulfonamides is 1. The van der Waals surface area contributed by atoms with Crippen LogP contribution in [0.5, 0.6) is 0 Å². The first-order valence-electron chi connectivity index (χ1n) is 4.99. The van der Waals surface area contributed by atoms with Gasteiger partial charge in [0.15, 0.2) is 0 Å². The lowest BCUT2D eigenvalue weighted by Gasteiger charge is -1.98. The zero-order valence-electron chi connectivity index (χ0n) is 9.21. The summed E-state index contributed by atoms with van der Waals surface area (Å²) in [6, 6.07) is 5.57. The van der Waals surface area contributed by atoms with E-state index >= 15 is 0 Å². The van der Waals surface area contributed by atoms with Gasteiger partial charge in [0.2, 0.25) is 5.16 Å². The average molecular weight is 252 g/mol. The van der Waals surface area contributed by atoms with Crippen LogP contribution in [0.3, 0.4) is 0 Å². The summed E-state index contributed by atoms with van der Waals surface area (Å²) in [4.78, 5) is 10.7. The molecule has 0 saturated heterocycles. The Hall–Kier alpha value is -1.73. The third-order valence-corrected chi connectivity index (χ3v) is 3.48. The van der Waals surface area contributed by atoms with Crippen molar-refractivity contribution in [1.29, 1.82) is 0 Å². The van der Waals surface area contributed by atoms with Crippen molar-refractivity contribution in [3.05, 3.63) is 42.0 Å². The maximum absolute atomic E-state index is 11.4. The lowest BCUT2D eigenvalue weighted by atomic mass is 10.2. The van der Waals surface area contributed by atoms with Crippen molar-refractivity contribution in [2.75, 3.05) is 7.05 Å². The van der Waals surface area contributed by atoms with Crippen LogP contribution in [0.4, 0.5) is 0 Å². The third-order valence-electron chi connectivity index (χ3n) is 2.23. The number of H-pyrrole nitrogens is 1. The summed E-state index contributed by atoms with van der Waals surface area (Å²) >= 11 is 0. The highest BCUT2D eigenvalue weighted by molar-refractivity contribution is 7.89. The van der Waals surface area contributed by atoms with Gasteiger partial charge in [0.25, 0.3) is 10.0 Å². The van der Waals surface area contributed by atoms with Crippen LogP contribution in [0.25, 0.3) is 0 Å². The Morgan fingerprint density at radius 3 is 2.82 bits per heavy atom. The van der Waals surface area contributed by atoms with Gasteiger partial charge in [0.1, 0.15) is 0 Å². The zero-order chi connectivity index (χ0) is 12.3. The quantitative estimate of drug-likeness (QED) is 0.819. The van der Waals surface area contributed by atoms with E-state index in [0.717, 1.165) is 5.69 Å². The Bertz CT molecular complexity index is 592. The molecule has 0 aliphatic rings. The molecule has 0 bridgehead atoms. The van der Waals surface area contributed by atoms with Crippen molar-refractivity contribution in [3.63, 3.8) is 0 Å². The molecule has 2 aromatic rings. The van der Waals surface area contributed by atoms with Crippen LogP contribution in [0.15, 0.2) is 35.7 Å². The molecule has 0 saturated carbocycles. The molecule has 0 amide bonds. The molecule has 0 spiro atoms. The second-order valence-electron chi connectivity index (χ2n) is 3.42. The normalized spacial score (nSPS) is 11.6. The lowest BCUT2D eigenvalue weighted by molar-refractivity contribution is 0.580. The number of aromatic amines is 1. The second kappa shape index (κ2) is 4.64. The molecule has 6 nitrogen and oxygen atoms in total. The molecule has 17 heavy (non-hydrogen) atoms. The van der Waals surface area contributed by atoms with Gasteiger partial charge in [-0.3, -0.25) is 4.98 Å². The molecule has 0 aliphatic carbocycles. The number of hydrogen-bond acceptors (Lipinski definition) is 4. The predicted molar refractivity (Wildman–Crippen MR) is 61.9 cm³/mol. The number of nitrogens with zero attached hydrogens (tertiary/aromatic N) is 2. The maximum atomic E-state index is 11.4. The monoisotopic (exact) mass is 252 g/mol. The van der Waals surface area contributed by atoms with Crippen LogP contribution in [0, 0.1) is 0 Å². The first kappa shape index (κ1) is 11.7. The fourth-order valence-electron chi connectivity index (χ4n) is 1.36. The molecule has 2 rings (SSSR count). The minimum Gasteiger partial charge on any atom is -0.331 e. The Morgan fingerprint density at radius 1 is 1.35 bits per heavy atom. The van der Waals surface area contributed by atoms with Crippen molar-refractivity contribution < 1.29 is 8.42 Å². The molecule has 0 radical (unpaired) electrons. The molecule has 0 atom stereocenters. The molecule has 0 unspecified atom stereocenters. The molecular formula is C10H12N4O2S. The number of imidazole rings is 1. The van der Waals surface area contributed by atoms with Gasteiger partial charge in [-0.1, -0.05) is 6.07 Å². The smallest absolute Gasteiger partial charge is 0.274 e. The summed E-state index contributed by atoms with van der Waals surface area (Å²) in [6.45, 7) is 0. The van der Waals surface area contributed by atoms with Crippen molar-refractivity contribution in [3.8, 4) is 0 Å². The second-order valence-corrected chi connectivity index (χ2v) is 5.22. The summed E-state index contributed by atoms with van der Waals surface area (Å²) in [6.07, 6.45) is 3.71. The van der Waals surface area contributed by atoms with E-state index in [1.807, 2.05) is 18.2 Å². The molecule has 0 fully saturated rings. The highest BCUT2D eigenvalue weighted by Gasteiger charge is 2.15. The highest BCUT2D eigenvalue weighted by Crippen LogP contribution is 2.07. The number of aromatic nitrogens is 3. The van der Waals surface area contributed by atoms with Gasteiger partial charge < -0.3 is 4.98 Å². The summed E-state index contributed by atoms with van der Waals surface area (Å²) in [5.74, 6) is 0. The molecule has 2 N–H and O–H groups in total. The van der Waals surface area contributed by atoms with Crippen molar-refractivity contribution >= 4 is 10.0 Å². The number of nitrogens with one attached hydrogen (secondary N) is 2. The summed E-state index contributed by atoms with van der Waals surface area (Å²) in [7, 11) is -2.16. The molecule has 7 heteroatoms. The lowest BCUT2D eigenvalue weighted by Crippen LogP contribution is -2.19. The Kier molecular flexibility index (Phi) is 3.21. The van der Waals surface area contributed by atoms with Crippen molar-refractivity contribution in [1.82, 2.24) is 19.7 Å². The molecular weight excluding hydrogens is 240 g/mol. The standard InChI is InChI=1S/C10H12N4O2S/c1-11-17(15,16)10-13-7-9(14-10)6-8-4-2-3-5-12-8/h2-5,7,11H,6H2,1H3,(H,13,14). The minimum absolute atomic E-state index is 0.0778. The largest absolute Gasteiger partial charge is 0.331 e. The van der Waals surface area contributed by atoms with E-state index in [1.165, 1.54) is 13.2 Å². The third kappa shape index (κ3) is 2.69. The topological polar surface area (TPSA) is 87.7 Å². The van der Waals surface area contributed by atoms with Crippen LogP contribution < -0.4 is 4.72 Å². The fraction of sp³-hybridized carbons (Fsp3) is 0.200. The van der Waals surface area contributed by atoms with Crippen LogP contribution in [-0.4, -0.2) is 30.4 Å². The highest BCUT2D eigenvalue weighted by atomic mass is 32.2. The number of hydrogen-bond donors (Lipinski definition) is 2. The van der Waals surface area contributed by atoms with Crippen LogP contribution >= 0.6 is 0 Å². The zero-order valence-corrected chi connectivity index (χ0v) is 10.0. The Balaban J connectivity index is 2.20.